The Balaban J connectivity index is 2.34. The van der Waals surface area contributed by atoms with E-state index in [1.807, 2.05) is 13.8 Å². The van der Waals surface area contributed by atoms with E-state index in [0.717, 1.165) is 5.56 Å². The number of carbonyl (C=O) groups excluding carboxylic acids is 2. The van der Waals surface area contributed by atoms with Crippen molar-refractivity contribution in [2.45, 2.75) is 20.3 Å². The SMILES string of the molecule is CC(C)CNC(=O)CC(=O)N/N=C/c1cccc(Cl)c1. The lowest BCUT2D eigenvalue weighted by Gasteiger charge is -2.06. The summed E-state index contributed by atoms with van der Waals surface area (Å²) < 4.78 is 0. The summed E-state index contributed by atoms with van der Waals surface area (Å²) in [5, 5.41) is 7.02. The van der Waals surface area contributed by atoms with Crippen molar-refractivity contribution in [1.29, 1.82) is 0 Å². The number of hydrazone groups is 1. The smallest absolute Gasteiger partial charge is 0.249 e. The molecular weight excluding hydrogens is 278 g/mol. The highest BCUT2D eigenvalue weighted by Gasteiger charge is 2.08. The van der Waals surface area contributed by atoms with Crippen LogP contribution >= 0.6 is 11.6 Å². The molecule has 2 N–H and O–H groups in total. The molecule has 108 valence electrons. The first kappa shape index (κ1) is 16.2. The molecule has 0 unspecified atom stereocenters. The summed E-state index contributed by atoms with van der Waals surface area (Å²) in [7, 11) is 0. The van der Waals surface area contributed by atoms with E-state index in [1.54, 1.807) is 24.3 Å². The summed E-state index contributed by atoms with van der Waals surface area (Å²) in [6.45, 7) is 4.52. The summed E-state index contributed by atoms with van der Waals surface area (Å²) in [5.41, 5.74) is 3.06. The van der Waals surface area contributed by atoms with E-state index in [2.05, 4.69) is 15.8 Å². The summed E-state index contributed by atoms with van der Waals surface area (Å²) in [4.78, 5) is 22.8. The summed E-state index contributed by atoms with van der Waals surface area (Å²) in [5.74, 6) is -0.415. The largest absolute Gasteiger partial charge is 0.355 e. The second-order valence-corrected chi connectivity index (χ2v) is 5.16. The molecule has 5 nitrogen and oxygen atoms in total. The zero-order valence-corrected chi connectivity index (χ0v) is 12.3. The average molecular weight is 296 g/mol. The van der Waals surface area contributed by atoms with Crippen LogP contribution in [0, 0.1) is 5.92 Å². The highest BCUT2D eigenvalue weighted by atomic mass is 35.5. The molecule has 0 aromatic heterocycles. The van der Waals surface area contributed by atoms with Crippen LogP contribution in [0.3, 0.4) is 0 Å². The summed E-state index contributed by atoms with van der Waals surface area (Å²) in [6, 6.07) is 7.05. The normalized spacial score (nSPS) is 10.8. The van der Waals surface area contributed by atoms with Gasteiger partial charge in [-0.15, -0.1) is 0 Å². The first-order chi connectivity index (χ1) is 9.47. The molecule has 0 atom stereocenters. The third kappa shape index (κ3) is 6.89. The average Bonchev–Trinajstić information content (AvgIpc) is 2.36. The second kappa shape index (κ2) is 8.32. The summed E-state index contributed by atoms with van der Waals surface area (Å²) in [6.07, 6.45) is 1.23. The van der Waals surface area contributed by atoms with Gasteiger partial charge in [0.05, 0.1) is 6.21 Å². The highest BCUT2D eigenvalue weighted by Crippen LogP contribution is 2.08. The standard InChI is InChI=1S/C14H18ClN3O2/c1-10(2)8-16-13(19)7-14(20)18-17-9-11-4-3-5-12(15)6-11/h3-6,9-10H,7-8H2,1-2H3,(H,16,19)(H,18,20)/b17-9+. The lowest BCUT2D eigenvalue weighted by atomic mass is 10.2. The van der Waals surface area contributed by atoms with E-state index in [-0.39, 0.29) is 12.3 Å². The van der Waals surface area contributed by atoms with Crippen LogP contribution in [-0.4, -0.2) is 24.6 Å². The number of hydrogen-bond donors (Lipinski definition) is 2. The van der Waals surface area contributed by atoms with Gasteiger partial charge >= 0.3 is 0 Å². The Morgan fingerprint density at radius 1 is 1.35 bits per heavy atom. The maximum Gasteiger partial charge on any atom is 0.249 e. The van der Waals surface area contributed by atoms with Gasteiger partial charge in [-0.25, -0.2) is 5.43 Å². The molecule has 0 heterocycles. The molecule has 20 heavy (non-hydrogen) atoms. The van der Waals surface area contributed by atoms with E-state index < -0.39 is 5.91 Å². The van der Waals surface area contributed by atoms with Crippen LogP contribution in [0.4, 0.5) is 0 Å². The molecule has 0 spiro atoms. The Bertz CT molecular complexity index is 501. The van der Waals surface area contributed by atoms with E-state index in [1.165, 1.54) is 6.21 Å². The number of benzene rings is 1. The Morgan fingerprint density at radius 3 is 2.75 bits per heavy atom. The highest BCUT2D eigenvalue weighted by molar-refractivity contribution is 6.30. The number of hydrogen-bond acceptors (Lipinski definition) is 3. The van der Waals surface area contributed by atoms with Crippen molar-refractivity contribution in [3.8, 4) is 0 Å². The Labute approximate surface area is 123 Å². The number of carbonyl (C=O) groups is 2. The van der Waals surface area contributed by atoms with Gasteiger partial charge in [-0.3, -0.25) is 9.59 Å². The zero-order valence-electron chi connectivity index (χ0n) is 11.5. The summed E-state index contributed by atoms with van der Waals surface area (Å²) >= 11 is 5.81. The molecule has 0 fully saturated rings. The molecule has 6 heteroatoms. The van der Waals surface area contributed by atoms with Crippen molar-refractivity contribution in [3.05, 3.63) is 34.9 Å². The first-order valence-electron chi connectivity index (χ1n) is 6.31. The maximum atomic E-state index is 11.4. The van der Waals surface area contributed by atoms with Gasteiger partial charge in [0.15, 0.2) is 0 Å². The molecule has 0 aliphatic rings. The molecule has 1 aromatic rings. The Hall–Kier alpha value is -1.88. The maximum absolute atomic E-state index is 11.4. The molecule has 1 aromatic carbocycles. The predicted molar refractivity (Wildman–Crippen MR) is 79.7 cm³/mol. The molecule has 0 saturated carbocycles. The zero-order chi connectivity index (χ0) is 15.0. The molecule has 0 aliphatic carbocycles. The minimum Gasteiger partial charge on any atom is -0.355 e. The van der Waals surface area contributed by atoms with Crippen molar-refractivity contribution in [1.82, 2.24) is 10.7 Å². The number of nitrogens with zero attached hydrogens (tertiary/aromatic N) is 1. The minimum atomic E-state index is -0.454. The number of nitrogens with one attached hydrogen (secondary N) is 2. The topological polar surface area (TPSA) is 70.6 Å². The number of halogens is 1. The molecule has 2 amide bonds. The van der Waals surface area contributed by atoms with E-state index in [0.29, 0.717) is 17.5 Å². The van der Waals surface area contributed by atoms with Crippen LogP contribution in [0.1, 0.15) is 25.8 Å². The van der Waals surface area contributed by atoms with E-state index in [4.69, 9.17) is 11.6 Å². The van der Waals surface area contributed by atoms with Crippen LogP contribution in [0.15, 0.2) is 29.4 Å². The fourth-order valence-electron chi connectivity index (χ4n) is 1.33. The fourth-order valence-corrected chi connectivity index (χ4v) is 1.53. The lowest BCUT2D eigenvalue weighted by Crippen LogP contribution is -2.32. The van der Waals surface area contributed by atoms with E-state index >= 15 is 0 Å². The molecule has 0 saturated heterocycles. The van der Waals surface area contributed by atoms with E-state index in [9.17, 15) is 9.59 Å². The van der Waals surface area contributed by atoms with Crippen LogP contribution in [0.5, 0.6) is 0 Å². The fraction of sp³-hybridized carbons (Fsp3) is 0.357. The van der Waals surface area contributed by atoms with Crippen molar-refractivity contribution in [2.24, 2.45) is 11.0 Å². The molecule has 1 rings (SSSR count). The van der Waals surface area contributed by atoms with Crippen molar-refractivity contribution < 1.29 is 9.59 Å². The molecule has 0 bridgehead atoms. The van der Waals surface area contributed by atoms with Crippen LogP contribution < -0.4 is 10.7 Å². The minimum absolute atomic E-state index is 0.237. The number of rotatable bonds is 6. The van der Waals surface area contributed by atoms with Crippen LogP contribution in [-0.2, 0) is 9.59 Å². The predicted octanol–water partition coefficient (Wildman–Crippen LogP) is 1.95. The van der Waals surface area contributed by atoms with Crippen molar-refractivity contribution >= 4 is 29.6 Å². The van der Waals surface area contributed by atoms with Gasteiger partial charge < -0.3 is 5.32 Å². The molecule has 0 radical (unpaired) electrons. The van der Waals surface area contributed by atoms with Gasteiger partial charge in [0.2, 0.25) is 11.8 Å². The molecule has 0 aliphatic heterocycles. The quantitative estimate of drug-likeness (QED) is 0.478. The van der Waals surface area contributed by atoms with Crippen molar-refractivity contribution in [3.63, 3.8) is 0 Å². The monoisotopic (exact) mass is 295 g/mol. The Kier molecular flexibility index (Phi) is 6.73. The van der Waals surface area contributed by atoms with Gasteiger partial charge in [-0.05, 0) is 23.6 Å². The third-order valence-electron chi connectivity index (χ3n) is 2.28. The third-order valence-corrected chi connectivity index (χ3v) is 2.52. The van der Waals surface area contributed by atoms with Crippen LogP contribution in [0.2, 0.25) is 5.02 Å². The van der Waals surface area contributed by atoms with Gasteiger partial charge in [0.25, 0.3) is 0 Å². The van der Waals surface area contributed by atoms with Gasteiger partial charge in [0, 0.05) is 11.6 Å². The van der Waals surface area contributed by atoms with Crippen molar-refractivity contribution in [2.75, 3.05) is 6.54 Å². The van der Waals surface area contributed by atoms with Crippen LogP contribution in [0.25, 0.3) is 0 Å². The number of amides is 2. The second-order valence-electron chi connectivity index (χ2n) is 4.72. The Morgan fingerprint density at radius 2 is 2.10 bits per heavy atom. The van der Waals surface area contributed by atoms with Gasteiger partial charge in [0.1, 0.15) is 6.42 Å². The lowest BCUT2D eigenvalue weighted by molar-refractivity contribution is -0.129. The first-order valence-corrected chi connectivity index (χ1v) is 6.69. The van der Waals surface area contributed by atoms with Gasteiger partial charge in [-0.1, -0.05) is 37.6 Å². The molecular formula is C14H18ClN3O2. The van der Waals surface area contributed by atoms with Gasteiger partial charge in [-0.2, -0.15) is 5.10 Å².